The SMILES string of the molecule is C[C@H]1C[C@@H]2O[C@]34C[C@@]5(C)[C@H](C[C@H]3O[C@H](O1)[C@@H]2O4)[C@H](O)[C@H]1O[C@]12[C@H]5[C@H](O)C(=O)[C@]1(C)[C@@H](c3ccc(=O)oc3)CC[C@]21O. The van der Waals surface area contributed by atoms with E-state index in [2.05, 4.69) is 0 Å². The summed E-state index contributed by atoms with van der Waals surface area (Å²) >= 11 is 0. The van der Waals surface area contributed by atoms with Gasteiger partial charge in [-0.3, -0.25) is 4.79 Å². The number of ether oxygens (including phenoxy) is 5. The van der Waals surface area contributed by atoms with Gasteiger partial charge < -0.3 is 43.4 Å². The van der Waals surface area contributed by atoms with Gasteiger partial charge in [-0.25, -0.2) is 4.79 Å². The van der Waals surface area contributed by atoms with E-state index in [4.69, 9.17) is 28.1 Å². The topological polar surface area (TPSA) is 157 Å². The minimum absolute atomic E-state index is 0.0504. The van der Waals surface area contributed by atoms with Crippen molar-refractivity contribution in [1.29, 1.82) is 0 Å². The van der Waals surface area contributed by atoms with Crippen LogP contribution >= 0.6 is 0 Å². The van der Waals surface area contributed by atoms with Crippen LogP contribution in [-0.4, -0.2) is 87.1 Å². The van der Waals surface area contributed by atoms with Crippen molar-refractivity contribution in [1.82, 2.24) is 0 Å². The maximum atomic E-state index is 14.4. The highest BCUT2D eigenvalue weighted by atomic mass is 16.8. The second-order valence-corrected chi connectivity index (χ2v) is 14.4. The first kappa shape index (κ1) is 25.8. The average molecular weight is 573 g/mol. The van der Waals surface area contributed by atoms with E-state index in [1.807, 2.05) is 13.8 Å². The molecule has 4 saturated carbocycles. The molecular weight excluding hydrogens is 536 g/mol. The highest BCUT2D eigenvalue weighted by molar-refractivity contribution is 5.94. The fraction of sp³-hybridized carbons (Fsp3) is 0.800. The number of carbonyl (C=O) groups is 1. The van der Waals surface area contributed by atoms with Crippen LogP contribution < -0.4 is 5.63 Å². The summed E-state index contributed by atoms with van der Waals surface area (Å²) in [4.78, 5) is 26.1. The summed E-state index contributed by atoms with van der Waals surface area (Å²) in [5.41, 5.74) is -5.22. The minimum atomic E-state index is -1.67. The van der Waals surface area contributed by atoms with Crippen molar-refractivity contribution in [2.45, 2.75) is 125 Å². The van der Waals surface area contributed by atoms with Crippen LogP contribution in [0.25, 0.3) is 0 Å². The molecule has 0 unspecified atom stereocenters. The lowest BCUT2D eigenvalue weighted by Gasteiger charge is -2.65. The normalized spacial score (nSPS) is 61.3. The third-order valence-corrected chi connectivity index (χ3v) is 12.8. The number of epoxide rings is 1. The number of fused-ring (bicyclic) bond motifs is 3. The van der Waals surface area contributed by atoms with Crippen LogP contribution in [-0.2, 0) is 28.5 Å². The molecular formula is C30H36O11. The van der Waals surface area contributed by atoms with Crippen LogP contribution in [0.5, 0.6) is 0 Å². The fourth-order valence-electron chi connectivity index (χ4n) is 11.1. The molecule has 0 amide bonds. The second-order valence-electron chi connectivity index (χ2n) is 14.4. The summed E-state index contributed by atoms with van der Waals surface area (Å²) in [6.45, 7) is 5.64. The smallest absolute Gasteiger partial charge is 0.335 e. The third kappa shape index (κ3) is 2.68. The second kappa shape index (κ2) is 7.50. The number of ketones is 1. The van der Waals surface area contributed by atoms with Crippen LogP contribution in [0.2, 0.25) is 0 Å². The van der Waals surface area contributed by atoms with E-state index < -0.39 is 87.7 Å². The maximum absolute atomic E-state index is 14.4. The quantitative estimate of drug-likeness (QED) is 0.322. The van der Waals surface area contributed by atoms with E-state index in [0.29, 0.717) is 24.8 Å². The Morgan fingerprint density at radius 1 is 1.02 bits per heavy atom. The van der Waals surface area contributed by atoms with E-state index in [9.17, 15) is 24.9 Å². The summed E-state index contributed by atoms with van der Waals surface area (Å²) < 4.78 is 37.3. The molecule has 41 heavy (non-hydrogen) atoms. The predicted molar refractivity (Wildman–Crippen MR) is 135 cm³/mol. The largest absolute Gasteiger partial charge is 0.431 e. The minimum Gasteiger partial charge on any atom is -0.431 e. The third-order valence-electron chi connectivity index (χ3n) is 12.8. The number of aliphatic hydroxyl groups excluding tert-OH is 2. The molecule has 5 heterocycles. The maximum Gasteiger partial charge on any atom is 0.335 e. The predicted octanol–water partition coefficient (Wildman–Crippen LogP) is 0.757. The van der Waals surface area contributed by atoms with Crippen molar-refractivity contribution in [3.05, 3.63) is 34.4 Å². The van der Waals surface area contributed by atoms with Crippen LogP contribution in [0.4, 0.5) is 0 Å². The molecule has 0 aromatic carbocycles. The van der Waals surface area contributed by atoms with Gasteiger partial charge in [0.15, 0.2) is 17.9 Å². The number of Topliss-reactive ketones (excluding diaryl/α,β-unsaturated/α-hetero) is 1. The zero-order valence-corrected chi connectivity index (χ0v) is 23.2. The summed E-state index contributed by atoms with van der Waals surface area (Å²) in [5, 5.41) is 36.6. The van der Waals surface area contributed by atoms with Crippen molar-refractivity contribution in [3.8, 4) is 0 Å². The molecule has 2 spiro atoms. The molecule has 1 aromatic heterocycles. The van der Waals surface area contributed by atoms with Crippen molar-refractivity contribution in [2.24, 2.45) is 22.7 Å². The number of hydrogen-bond acceptors (Lipinski definition) is 11. The van der Waals surface area contributed by atoms with Gasteiger partial charge in [-0.05, 0) is 56.1 Å². The molecule has 4 aliphatic carbocycles. The van der Waals surface area contributed by atoms with E-state index >= 15 is 0 Å². The lowest BCUT2D eigenvalue weighted by molar-refractivity contribution is -0.378. The number of carbonyl (C=O) groups excluding carboxylic acids is 1. The van der Waals surface area contributed by atoms with Gasteiger partial charge in [0.2, 0.25) is 0 Å². The van der Waals surface area contributed by atoms with Crippen molar-refractivity contribution in [2.75, 3.05) is 0 Å². The Morgan fingerprint density at radius 2 is 1.83 bits per heavy atom. The van der Waals surface area contributed by atoms with Gasteiger partial charge in [-0.1, -0.05) is 6.92 Å². The van der Waals surface area contributed by atoms with Crippen LogP contribution in [0, 0.1) is 22.7 Å². The first-order valence-corrected chi connectivity index (χ1v) is 15.0. The standard InChI is InChI=1S/C30H36O11/c1-12-8-16-21-25(37-12)38-17-9-15-19(32)24-30(41-24)22(26(15,2)11-28(17,39-16)40-21)20(33)23(34)27(3)14(6-7-29(27,30)35)13-4-5-18(31)36-10-13/h4-5,10,12,14-17,19-22,24-25,32-33,35H,6-9,11H2,1-3H3/t12-,14+,15+,16-,17+,19-,20-,21+,22-,24+,25-,26-,27-,28-,29+,30+/m0/s1. The van der Waals surface area contributed by atoms with Crippen LogP contribution in [0.15, 0.2) is 27.6 Å². The molecule has 4 saturated heterocycles. The molecule has 8 aliphatic rings. The number of aliphatic hydroxyl groups is 3. The first-order valence-electron chi connectivity index (χ1n) is 15.0. The highest BCUT2D eigenvalue weighted by Gasteiger charge is 2.91. The highest BCUT2D eigenvalue weighted by Crippen LogP contribution is 2.78. The number of rotatable bonds is 1. The van der Waals surface area contributed by atoms with E-state index in [1.54, 1.807) is 13.0 Å². The molecule has 2 bridgehead atoms. The summed E-state index contributed by atoms with van der Waals surface area (Å²) in [5.74, 6) is -3.28. The Balaban J connectivity index is 1.15. The summed E-state index contributed by atoms with van der Waals surface area (Å²) in [6.07, 6.45) is -1.53. The zero-order chi connectivity index (χ0) is 28.5. The van der Waals surface area contributed by atoms with Crippen molar-refractivity contribution in [3.63, 3.8) is 0 Å². The average Bonchev–Trinajstić information content (AvgIpc) is 3.49. The Kier molecular flexibility index (Phi) is 4.71. The Hall–Kier alpha value is -1.70. The summed E-state index contributed by atoms with van der Waals surface area (Å²) in [6, 6.07) is 2.91. The molecule has 16 atom stereocenters. The van der Waals surface area contributed by atoms with Gasteiger partial charge in [0, 0.05) is 30.7 Å². The van der Waals surface area contributed by atoms with Gasteiger partial charge in [0.1, 0.15) is 35.6 Å². The molecule has 3 N–H and O–H groups in total. The molecule has 0 radical (unpaired) electrons. The molecule has 9 rings (SSSR count). The van der Waals surface area contributed by atoms with Gasteiger partial charge in [-0.2, -0.15) is 0 Å². The zero-order valence-electron chi connectivity index (χ0n) is 23.2. The molecule has 11 nitrogen and oxygen atoms in total. The van der Waals surface area contributed by atoms with Gasteiger partial charge >= 0.3 is 5.63 Å². The van der Waals surface area contributed by atoms with Crippen LogP contribution in [0.3, 0.4) is 0 Å². The fourth-order valence-corrected chi connectivity index (χ4v) is 11.1. The van der Waals surface area contributed by atoms with Gasteiger partial charge in [0.05, 0.1) is 30.0 Å². The van der Waals surface area contributed by atoms with E-state index in [-0.39, 0.29) is 31.2 Å². The molecule has 222 valence electrons. The molecule has 11 heteroatoms. The lowest BCUT2D eigenvalue weighted by Crippen LogP contribution is -2.78. The monoisotopic (exact) mass is 572 g/mol. The Morgan fingerprint density at radius 3 is 2.59 bits per heavy atom. The Bertz CT molecular complexity index is 1390. The Labute approximate surface area is 236 Å². The van der Waals surface area contributed by atoms with Gasteiger partial charge in [0.25, 0.3) is 0 Å². The van der Waals surface area contributed by atoms with E-state index in [0.717, 1.165) is 0 Å². The molecule has 4 aliphatic heterocycles. The van der Waals surface area contributed by atoms with E-state index in [1.165, 1.54) is 12.3 Å². The first-order chi connectivity index (χ1) is 19.4. The van der Waals surface area contributed by atoms with Crippen molar-refractivity contribution < 1.29 is 48.2 Å². The number of hydrogen-bond donors (Lipinski definition) is 3. The van der Waals surface area contributed by atoms with Crippen LogP contribution in [0.1, 0.15) is 64.4 Å². The summed E-state index contributed by atoms with van der Waals surface area (Å²) in [7, 11) is 0. The van der Waals surface area contributed by atoms with Crippen molar-refractivity contribution >= 4 is 5.78 Å². The molecule has 1 aromatic rings. The lowest BCUT2D eigenvalue weighted by atomic mass is 9.40. The van der Waals surface area contributed by atoms with Gasteiger partial charge in [-0.15, -0.1) is 0 Å². The molecule has 8 fully saturated rings.